The Labute approximate surface area is 166 Å². The predicted octanol–water partition coefficient (Wildman–Crippen LogP) is 4.45. The van der Waals surface area contributed by atoms with Crippen molar-refractivity contribution >= 4 is 17.2 Å². The molecule has 2 heterocycles. The number of aryl methyl sites for hydroxylation is 1. The van der Waals surface area contributed by atoms with Crippen molar-refractivity contribution in [3.05, 3.63) is 51.0 Å². The monoisotopic (exact) mass is 437 g/mol. The molecule has 3 rings (SSSR count). The average molecular weight is 437 g/mol. The molecule has 1 saturated heterocycles. The third-order valence-corrected chi connectivity index (χ3v) is 5.37. The first-order valence-corrected chi connectivity index (χ1v) is 9.53. The highest BCUT2D eigenvalue weighted by molar-refractivity contribution is 7.09. The van der Waals surface area contributed by atoms with Crippen molar-refractivity contribution in [2.45, 2.75) is 25.8 Å². The maximum absolute atomic E-state index is 13.0. The first-order valence-electron chi connectivity index (χ1n) is 8.65. The van der Waals surface area contributed by atoms with E-state index in [4.69, 9.17) is 0 Å². The van der Waals surface area contributed by atoms with Gasteiger partial charge in [0.2, 0.25) is 0 Å². The fourth-order valence-electron chi connectivity index (χ4n) is 3.08. The Hall–Kier alpha value is -2.14. The molecule has 29 heavy (non-hydrogen) atoms. The Morgan fingerprint density at radius 3 is 2.00 bits per heavy atom. The summed E-state index contributed by atoms with van der Waals surface area (Å²) in [7, 11) is 0. The summed E-state index contributed by atoms with van der Waals surface area (Å²) < 4.78 is 78.0. The number of benzene rings is 1. The van der Waals surface area contributed by atoms with Crippen molar-refractivity contribution in [2.75, 3.05) is 26.2 Å². The van der Waals surface area contributed by atoms with Gasteiger partial charge in [0.25, 0.3) is 5.91 Å². The normalized spacial score (nSPS) is 16.3. The molecule has 0 radical (unpaired) electrons. The quantitative estimate of drug-likeness (QED) is 0.666. The van der Waals surface area contributed by atoms with Gasteiger partial charge in [-0.1, -0.05) is 0 Å². The number of hydrogen-bond donors (Lipinski definition) is 0. The molecule has 2 aromatic rings. The number of hydrogen-bond acceptors (Lipinski definition) is 4. The van der Waals surface area contributed by atoms with Gasteiger partial charge >= 0.3 is 12.4 Å². The van der Waals surface area contributed by atoms with Crippen LogP contribution in [0.1, 0.15) is 32.2 Å². The molecule has 158 valence electrons. The zero-order chi connectivity index (χ0) is 21.4. The van der Waals surface area contributed by atoms with Gasteiger partial charge in [-0.25, -0.2) is 4.98 Å². The van der Waals surface area contributed by atoms with Crippen LogP contribution in [0.2, 0.25) is 0 Å². The lowest BCUT2D eigenvalue weighted by Gasteiger charge is -2.34. The third-order valence-electron chi connectivity index (χ3n) is 4.55. The smallest absolute Gasteiger partial charge is 0.336 e. The van der Waals surface area contributed by atoms with Crippen LogP contribution in [0, 0.1) is 6.92 Å². The van der Waals surface area contributed by atoms with Crippen LogP contribution < -0.4 is 0 Å². The Morgan fingerprint density at radius 1 is 1.00 bits per heavy atom. The van der Waals surface area contributed by atoms with Crippen molar-refractivity contribution in [3.63, 3.8) is 0 Å². The predicted molar refractivity (Wildman–Crippen MR) is 94.5 cm³/mol. The average Bonchev–Trinajstić information content (AvgIpc) is 3.04. The van der Waals surface area contributed by atoms with Crippen molar-refractivity contribution in [1.29, 1.82) is 0 Å². The number of nitrogens with zero attached hydrogens (tertiary/aromatic N) is 3. The molecule has 0 bridgehead atoms. The van der Waals surface area contributed by atoms with Gasteiger partial charge in [-0.15, -0.1) is 11.3 Å². The third kappa shape index (κ3) is 5.27. The highest BCUT2D eigenvalue weighted by Gasteiger charge is 2.38. The summed E-state index contributed by atoms with van der Waals surface area (Å²) in [6, 6.07) is 0.967. The lowest BCUT2D eigenvalue weighted by molar-refractivity contribution is -0.143. The van der Waals surface area contributed by atoms with Gasteiger partial charge in [-0.3, -0.25) is 9.69 Å². The minimum Gasteiger partial charge on any atom is -0.336 e. The molecule has 1 aromatic heterocycles. The van der Waals surface area contributed by atoms with E-state index in [2.05, 4.69) is 4.98 Å². The van der Waals surface area contributed by atoms with E-state index in [1.54, 1.807) is 0 Å². The van der Waals surface area contributed by atoms with Crippen LogP contribution >= 0.6 is 11.3 Å². The van der Waals surface area contributed by atoms with E-state index < -0.39 is 35.0 Å². The van der Waals surface area contributed by atoms with E-state index in [0.717, 1.165) is 10.7 Å². The van der Waals surface area contributed by atoms with E-state index in [1.807, 2.05) is 17.2 Å². The van der Waals surface area contributed by atoms with Gasteiger partial charge < -0.3 is 4.90 Å². The van der Waals surface area contributed by atoms with Gasteiger partial charge in [0.15, 0.2) is 0 Å². The summed E-state index contributed by atoms with van der Waals surface area (Å²) in [5, 5.41) is 2.85. The number of alkyl halides is 6. The lowest BCUT2D eigenvalue weighted by atomic mass is 10.0. The summed E-state index contributed by atoms with van der Waals surface area (Å²) in [5.74, 6) is -0.842. The van der Waals surface area contributed by atoms with Crippen LogP contribution in [0.15, 0.2) is 23.6 Å². The van der Waals surface area contributed by atoms with Crippen LogP contribution in [0.4, 0.5) is 26.3 Å². The highest BCUT2D eigenvalue weighted by Crippen LogP contribution is 2.36. The molecule has 0 atom stereocenters. The summed E-state index contributed by atoms with van der Waals surface area (Å²) >= 11 is 1.52. The van der Waals surface area contributed by atoms with Crippen LogP contribution in [-0.2, 0) is 18.9 Å². The standard InChI is InChI=1S/C18H17F6N3OS/c1-11-25-15(10-29-11)9-26-2-4-27(5-3-26)16(28)12-6-13(17(19,20)21)8-14(7-12)18(22,23)24/h6-8,10H,2-5,9H2,1H3. The zero-order valence-corrected chi connectivity index (χ0v) is 16.1. The fourth-order valence-corrected chi connectivity index (χ4v) is 3.68. The number of carbonyl (C=O) groups excluding carboxylic acids is 1. The SMILES string of the molecule is Cc1nc(CN2CCN(C(=O)c3cc(C(F)(F)F)cc(C(F)(F)F)c3)CC2)cs1. The molecular weight excluding hydrogens is 420 g/mol. The van der Waals surface area contributed by atoms with Crippen LogP contribution in [0.3, 0.4) is 0 Å². The van der Waals surface area contributed by atoms with E-state index in [0.29, 0.717) is 31.8 Å². The Morgan fingerprint density at radius 2 is 1.55 bits per heavy atom. The van der Waals surface area contributed by atoms with E-state index in [-0.39, 0.29) is 19.2 Å². The summed E-state index contributed by atoms with van der Waals surface area (Å²) in [5.41, 5.74) is -2.71. The van der Waals surface area contributed by atoms with Crippen molar-refractivity contribution in [2.24, 2.45) is 0 Å². The Kier molecular flexibility index (Phi) is 5.91. The zero-order valence-electron chi connectivity index (χ0n) is 15.3. The molecule has 0 N–H and O–H groups in total. The summed E-state index contributed by atoms with van der Waals surface area (Å²) in [6.07, 6.45) is -9.97. The summed E-state index contributed by atoms with van der Waals surface area (Å²) in [6.45, 7) is 3.78. The molecule has 1 amide bonds. The van der Waals surface area contributed by atoms with Gasteiger partial charge in [-0.05, 0) is 25.1 Å². The molecule has 1 aliphatic rings. The lowest BCUT2D eigenvalue weighted by Crippen LogP contribution is -2.48. The largest absolute Gasteiger partial charge is 0.416 e. The molecular formula is C18H17F6N3OS. The molecule has 1 fully saturated rings. The Balaban J connectivity index is 1.73. The Bertz CT molecular complexity index is 852. The molecule has 0 saturated carbocycles. The molecule has 0 unspecified atom stereocenters. The van der Waals surface area contributed by atoms with E-state index in [1.165, 1.54) is 16.2 Å². The minimum absolute atomic E-state index is 0.0184. The van der Waals surface area contributed by atoms with Gasteiger partial charge in [-0.2, -0.15) is 26.3 Å². The van der Waals surface area contributed by atoms with E-state index >= 15 is 0 Å². The number of carbonyl (C=O) groups is 1. The first kappa shape index (κ1) is 21.6. The number of halogens is 6. The van der Waals surface area contributed by atoms with E-state index in [9.17, 15) is 31.1 Å². The topological polar surface area (TPSA) is 36.4 Å². The summed E-state index contributed by atoms with van der Waals surface area (Å²) in [4.78, 5) is 20.3. The van der Waals surface area contributed by atoms with Crippen LogP contribution in [0.5, 0.6) is 0 Å². The number of thiazole rings is 1. The molecule has 0 aliphatic carbocycles. The second-order valence-electron chi connectivity index (χ2n) is 6.72. The van der Waals surface area contributed by atoms with Crippen LogP contribution in [-0.4, -0.2) is 46.9 Å². The fraction of sp³-hybridized carbons (Fsp3) is 0.444. The van der Waals surface area contributed by atoms with Crippen LogP contribution in [0.25, 0.3) is 0 Å². The highest BCUT2D eigenvalue weighted by atomic mass is 32.1. The molecule has 0 spiro atoms. The van der Waals surface area contributed by atoms with Gasteiger partial charge in [0, 0.05) is 43.7 Å². The van der Waals surface area contributed by atoms with Gasteiger partial charge in [0.05, 0.1) is 21.8 Å². The first-order chi connectivity index (χ1) is 13.4. The number of rotatable bonds is 3. The molecule has 4 nitrogen and oxygen atoms in total. The van der Waals surface area contributed by atoms with Crippen molar-refractivity contribution < 1.29 is 31.1 Å². The second-order valence-corrected chi connectivity index (χ2v) is 7.78. The molecule has 1 aliphatic heterocycles. The molecule has 1 aromatic carbocycles. The maximum atomic E-state index is 13.0. The number of amides is 1. The van der Waals surface area contributed by atoms with Crippen molar-refractivity contribution in [1.82, 2.24) is 14.8 Å². The minimum atomic E-state index is -4.99. The number of piperazine rings is 1. The second kappa shape index (κ2) is 7.94. The van der Waals surface area contributed by atoms with Gasteiger partial charge in [0.1, 0.15) is 0 Å². The van der Waals surface area contributed by atoms with Crippen molar-refractivity contribution in [3.8, 4) is 0 Å². The maximum Gasteiger partial charge on any atom is 0.416 e. The number of aromatic nitrogens is 1. The molecule has 11 heteroatoms.